The zero-order chi connectivity index (χ0) is 8.72. The first kappa shape index (κ1) is 7.85. The summed E-state index contributed by atoms with van der Waals surface area (Å²) in [5, 5.41) is 0. The van der Waals surface area contributed by atoms with E-state index in [0.29, 0.717) is 0 Å². The van der Waals surface area contributed by atoms with Crippen molar-refractivity contribution < 1.29 is 0 Å². The first-order valence-electron chi connectivity index (χ1n) is 3.54. The Morgan fingerprint density at radius 2 is 1.83 bits per heavy atom. The minimum atomic E-state index is 0.0109. The molecular formula is C8H7IN2O. The third-order valence-electron chi connectivity index (χ3n) is 1.91. The number of rotatable bonds is 0. The molecule has 0 radical (unpaired) electrons. The Hall–Kier alpha value is -0.780. The predicted molar refractivity (Wildman–Crippen MR) is 56.6 cm³/mol. The molecule has 0 N–H and O–H groups in total. The van der Waals surface area contributed by atoms with Crippen LogP contribution >= 0.6 is 22.9 Å². The Labute approximate surface area is 83.1 Å². The second-order valence-electron chi connectivity index (χ2n) is 2.61. The maximum Gasteiger partial charge on any atom is 0.337 e. The van der Waals surface area contributed by atoms with Gasteiger partial charge in [-0.15, -0.1) is 0 Å². The van der Waals surface area contributed by atoms with Gasteiger partial charge in [0, 0.05) is 7.05 Å². The zero-order valence-electron chi connectivity index (χ0n) is 6.49. The third kappa shape index (κ3) is 0.906. The van der Waals surface area contributed by atoms with Gasteiger partial charge in [-0.1, -0.05) is 12.1 Å². The summed E-state index contributed by atoms with van der Waals surface area (Å²) in [5.74, 6) is 0. The van der Waals surface area contributed by atoms with Crippen LogP contribution in [0.25, 0.3) is 11.0 Å². The highest BCUT2D eigenvalue weighted by atomic mass is 127. The van der Waals surface area contributed by atoms with Crippen LogP contribution in [-0.2, 0) is 7.05 Å². The summed E-state index contributed by atoms with van der Waals surface area (Å²) in [6.45, 7) is 0. The maximum absolute atomic E-state index is 11.4. The Morgan fingerprint density at radius 3 is 2.42 bits per heavy atom. The van der Waals surface area contributed by atoms with E-state index in [1.165, 1.54) is 0 Å². The SMILES string of the molecule is Cn1c(=O)n(I)c2ccccc21. The van der Waals surface area contributed by atoms with Crippen molar-refractivity contribution in [2.75, 3.05) is 0 Å². The van der Waals surface area contributed by atoms with E-state index in [0.717, 1.165) is 11.0 Å². The van der Waals surface area contributed by atoms with Crippen LogP contribution in [0.15, 0.2) is 29.1 Å². The summed E-state index contributed by atoms with van der Waals surface area (Å²) in [6.07, 6.45) is 0. The molecule has 0 aliphatic carbocycles. The fourth-order valence-electron chi connectivity index (χ4n) is 1.25. The number of fused-ring (bicyclic) bond motifs is 1. The number of hydrogen-bond acceptors (Lipinski definition) is 1. The van der Waals surface area contributed by atoms with Gasteiger partial charge in [-0.3, -0.25) is 4.57 Å². The topological polar surface area (TPSA) is 26.9 Å². The maximum atomic E-state index is 11.4. The summed E-state index contributed by atoms with van der Waals surface area (Å²) in [6, 6.07) is 7.73. The van der Waals surface area contributed by atoms with Crippen LogP contribution in [-0.4, -0.2) is 7.35 Å². The molecule has 12 heavy (non-hydrogen) atoms. The van der Waals surface area contributed by atoms with E-state index in [1.54, 1.807) is 14.4 Å². The molecule has 0 saturated carbocycles. The summed E-state index contributed by atoms with van der Waals surface area (Å²) in [5.41, 5.74) is 1.94. The first-order chi connectivity index (χ1) is 5.72. The quantitative estimate of drug-likeness (QED) is 0.669. The van der Waals surface area contributed by atoms with Crippen molar-refractivity contribution in [3.8, 4) is 0 Å². The molecule has 1 aromatic carbocycles. The monoisotopic (exact) mass is 274 g/mol. The molecular weight excluding hydrogens is 267 g/mol. The molecule has 3 nitrogen and oxygen atoms in total. The highest BCUT2D eigenvalue weighted by Crippen LogP contribution is 2.12. The van der Waals surface area contributed by atoms with Crippen LogP contribution in [0.5, 0.6) is 0 Å². The van der Waals surface area contributed by atoms with Crippen LogP contribution in [0.4, 0.5) is 0 Å². The van der Waals surface area contributed by atoms with Gasteiger partial charge in [0.2, 0.25) is 0 Å². The summed E-state index contributed by atoms with van der Waals surface area (Å²) < 4.78 is 3.26. The van der Waals surface area contributed by atoms with Gasteiger partial charge in [0.25, 0.3) is 0 Å². The molecule has 1 heterocycles. The first-order valence-corrected chi connectivity index (χ1v) is 4.51. The van der Waals surface area contributed by atoms with E-state index >= 15 is 0 Å². The van der Waals surface area contributed by atoms with Crippen LogP contribution in [0.2, 0.25) is 0 Å². The Balaban J connectivity index is 3.09. The van der Waals surface area contributed by atoms with Gasteiger partial charge >= 0.3 is 5.69 Å². The molecule has 0 aliphatic rings. The average Bonchev–Trinajstić information content (AvgIpc) is 2.33. The fraction of sp³-hybridized carbons (Fsp3) is 0.125. The van der Waals surface area contributed by atoms with Crippen LogP contribution in [0, 0.1) is 0 Å². The van der Waals surface area contributed by atoms with Gasteiger partial charge in [0.05, 0.1) is 33.9 Å². The number of aromatic nitrogens is 2. The summed E-state index contributed by atoms with van der Waals surface area (Å²) >= 11 is 2.01. The minimum absolute atomic E-state index is 0.0109. The lowest BCUT2D eigenvalue weighted by Gasteiger charge is -1.90. The lowest BCUT2D eigenvalue weighted by atomic mass is 10.3. The minimum Gasteiger partial charge on any atom is -0.294 e. The lowest BCUT2D eigenvalue weighted by molar-refractivity contribution is 0.886. The molecule has 0 spiro atoms. The second kappa shape index (κ2) is 2.62. The molecule has 0 unspecified atom stereocenters. The normalized spacial score (nSPS) is 10.8. The Bertz CT molecular complexity index is 441. The van der Waals surface area contributed by atoms with Crippen molar-refractivity contribution >= 4 is 33.9 Å². The van der Waals surface area contributed by atoms with Gasteiger partial charge in [0.1, 0.15) is 0 Å². The van der Waals surface area contributed by atoms with E-state index < -0.39 is 0 Å². The third-order valence-corrected chi connectivity index (χ3v) is 2.84. The van der Waals surface area contributed by atoms with Crippen molar-refractivity contribution in [2.45, 2.75) is 0 Å². The van der Waals surface area contributed by atoms with Crippen LogP contribution < -0.4 is 5.69 Å². The fourth-order valence-corrected chi connectivity index (χ4v) is 1.98. The van der Waals surface area contributed by atoms with Crippen molar-refractivity contribution in [1.82, 2.24) is 7.35 Å². The molecule has 2 aromatic rings. The predicted octanol–water partition coefficient (Wildman–Crippen LogP) is 1.54. The standard InChI is InChI=1S/C8H7IN2O/c1-10-6-4-2-3-5-7(6)11(9)8(10)12/h2-5H,1H3. The van der Waals surface area contributed by atoms with E-state index in [4.69, 9.17) is 0 Å². The molecule has 0 atom stereocenters. The van der Waals surface area contributed by atoms with E-state index in [1.807, 2.05) is 47.1 Å². The van der Waals surface area contributed by atoms with E-state index in [-0.39, 0.29) is 5.69 Å². The molecule has 0 amide bonds. The van der Waals surface area contributed by atoms with Gasteiger partial charge in [-0.05, 0) is 12.1 Å². The highest BCUT2D eigenvalue weighted by Gasteiger charge is 2.05. The van der Waals surface area contributed by atoms with Gasteiger partial charge in [-0.2, -0.15) is 0 Å². The van der Waals surface area contributed by atoms with Gasteiger partial charge < -0.3 is 0 Å². The van der Waals surface area contributed by atoms with Gasteiger partial charge in [-0.25, -0.2) is 7.58 Å². The van der Waals surface area contributed by atoms with Crippen molar-refractivity contribution in [1.29, 1.82) is 0 Å². The van der Waals surface area contributed by atoms with E-state index in [2.05, 4.69) is 0 Å². The molecule has 4 heteroatoms. The van der Waals surface area contributed by atoms with E-state index in [9.17, 15) is 4.79 Å². The number of aryl methyl sites for hydroxylation is 1. The van der Waals surface area contributed by atoms with Crippen molar-refractivity contribution in [2.24, 2.45) is 7.05 Å². The second-order valence-corrected chi connectivity index (χ2v) is 3.58. The number of halogens is 1. The van der Waals surface area contributed by atoms with Gasteiger partial charge in [0.15, 0.2) is 0 Å². The molecule has 62 valence electrons. The summed E-state index contributed by atoms with van der Waals surface area (Å²) in [4.78, 5) is 11.4. The molecule has 2 rings (SSSR count). The smallest absolute Gasteiger partial charge is 0.294 e. The number of para-hydroxylation sites is 2. The van der Waals surface area contributed by atoms with Crippen LogP contribution in [0.3, 0.4) is 0 Å². The van der Waals surface area contributed by atoms with Crippen molar-refractivity contribution in [3.05, 3.63) is 34.7 Å². The highest BCUT2D eigenvalue weighted by molar-refractivity contribution is 14.1. The molecule has 0 bridgehead atoms. The molecule has 0 fully saturated rings. The number of benzene rings is 1. The molecule has 0 aliphatic heterocycles. The molecule has 0 saturated heterocycles. The van der Waals surface area contributed by atoms with Crippen molar-refractivity contribution in [3.63, 3.8) is 0 Å². The zero-order valence-corrected chi connectivity index (χ0v) is 8.65. The number of nitrogens with zero attached hydrogens (tertiary/aromatic N) is 2. The lowest BCUT2D eigenvalue weighted by Crippen LogP contribution is -2.16. The largest absolute Gasteiger partial charge is 0.337 e. The van der Waals surface area contributed by atoms with Crippen LogP contribution in [0.1, 0.15) is 0 Å². The average molecular weight is 274 g/mol. The number of hydrogen-bond donors (Lipinski definition) is 0. The Morgan fingerprint density at radius 1 is 1.25 bits per heavy atom. The Kier molecular flexibility index (Phi) is 1.71. The number of imidazole rings is 1. The summed E-state index contributed by atoms with van der Waals surface area (Å²) in [7, 11) is 1.78. The molecule has 1 aromatic heterocycles.